The molecule has 0 aliphatic heterocycles. The summed E-state index contributed by atoms with van der Waals surface area (Å²) in [5.74, 6) is 0.712. The van der Waals surface area contributed by atoms with Gasteiger partial charge in [0.25, 0.3) is 0 Å². The maximum absolute atomic E-state index is 5.42. The lowest BCUT2D eigenvalue weighted by Gasteiger charge is -2.26. The maximum Gasteiger partial charge on any atom is 0.173 e. The van der Waals surface area contributed by atoms with E-state index < -0.39 is 7.05 Å². The standard InChI is InChI=1S/C27H22N3P/c1-5-13-22(14-6-1)26-21-27(29-28-26)30-31(23-15-7-2-8-16-23,24-17-9-3-10-18-24)25-19-11-4-12-20-25/h1-21H,(H,28,29). The number of aromatic amines is 1. The molecule has 0 amide bonds. The van der Waals surface area contributed by atoms with Gasteiger partial charge < -0.3 is 0 Å². The van der Waals surface area contributed by atoms with Crippen molar-refractivity contribution in [2.45, 2.75) is 0 Å². The normalized spacial score (nSPS) is 11.2. The van der Waals surface area contributed by atoms with E-state index in [1.807, 2.05) is 24.3 Å². The molecule has 0 unspecified atom stereocenters. The Balaban J connectivity index is 1.80. The number of hydrogen-bond donors (Lipinski definition) is 1. The molecule has 0 saturated heterocycles. The Bertz CT molecular complexity index is 1210. The predicted octanol–water partition coefficient (Wildman–Crippen LogP) is 5.89. The summed E-state index contributed by atoms with van der Waals surface area (Å²) < 4.78 is 5.42. The number of hydrogen-bond acceptors (Lipinski definition) is 2. The van der Waals surface area contributed by atoms with Gasteiger partial charge in [0.05, 0.1) is 12.7 Å². The molecule has 1 N–H and O–H groups in total. The number of H-pyrrole nitrogens is 1. The van der Waals surface area contributed by atoms with Crippen molar-refractivity contribution in [2.75, 3.05) is 0 Å². The van der Waals surface area contributed by atoms with E-state index in [2.05, 4.69) is 113 Å². The highest BCUT2D eigenvalue weighted by Crippen LogP contribution is 2.49. The van der Waals surface area contributed by atoms with Crippen LogP contribution in [0, 0.1) is 0 Å². The van der Waals surface area contributed by atoms with Crippen LogP contribution in [-0.4, -0.2) is 10.2 Å². The summed E-state index contributed by atoms with van der Waals surface area (Å²) in [6.45, 7) is 0. The van der Waals surface area contributed by atoms with Crippen LogP contribution in [0.1, 0.15) is 0 Å². The Morgan fingerprint density at radius 2 is 0.968 bits per heavy atom. The van der Waals surface area contributed by atoms with Crippen LogP contribution in [0.3, 0.4) is 0 Å². The lowest BCUT2D eigenvalue weighted by molar-refractivity contribution is 1.09. The smallest absolute Gasteiger partial charge is 0.173 e. The van der Waals surface area contributed by atoms with Gasteiger partial charge in [-0.25, -0.2) is 4.74 Å². The van der Waals surface area contributed by atoms with E-state index >= 15 is 0 Å². The van der Waals surface area contributed by atoms with Crippen LogP contribution < -0.4 is 15.9 Å². The summed E-state index contributed by atoms with van der Waals surface area (Å²) in [6.07, 6.45) is 0. The molecule has 1 heterocycles. The monoisotopic (exact) mass is 419 g/mol. The Morgan fingerprint density at radius 3 is 1.42 bits per heavy atom. The molecule has 4 heteroatoms. The second-order valence-corrected chi connectivity index (χ2v) is 10.3. The van der Waals surface area contributed by atoms with Crippen LogP contribution in [-0.2, 0) is 0 Å². The van der Waals surface area contributed by atoms with Gasteiger partial charge in [-0.15, -0.1) is 0 Å². The molecule has 5 rings (SSSR count). The van der Waals surface area contributed by atoms with Gasteiger partial charge in [0, 0.05) is 22.0 Å². The molecule has 5 aromatic rings. The summed E-state index contributed by atoms with van der Waals surface area (Å²) in [5.41, 5.74) is 2.06. The van der Waals surface area contributed by atoms with Gasteiger partial charge >= 0.3 is 0 Å². The summed E-state index contributed by atoms with van der Waals surface area (Å²) in [7, 11) is -2.31. The Hall–Kier alpha value is -3.68. The zero-order valence-corrected chi connectivity index (χ0v) is 17.9. The molecule has 31 heavy (non-hydrogen) atoms. The predicted molar refractivity (Wildman–Crippen MR) is 131 cm³/mol. The van der Waals surface area contributed by atoms with Crippen molar-refractivity contribution in [1.82, 2.24) is 10.2 Å². The second kappa shape index (κ2) is 8.59. The minimum atomic E-state index is -2.31. The average Bonchev–Trinajstić information content (AvgIpc) is 3.33. The van der Waals surface area contributed by atoms with Crippen LogP contribution >= 0.6 is 7.05 Å². The summed E-state index contributed by atoms with van der Waals surface area (Å²) in [5, 5.41) is 11.4. The first-order valence-electron chi connectivity index (χ1n) is 10.3. The topological polar surface area (TPSA) is 41.0 Å². The van der Waals surface area contributed by atoms with Crippen molar-refractivity contribution in [3.63, 3.8) is 0 Å². The molecule has 0 aliphatic carbocycles. The molecule has 1 aromatic heterocycles. The molecule has 3 nitrogen and oxygen atoms in total. The average molecular weight is 419 g/mol. The van der Waals surface area contributed by atoms with Gasteiger partial charge in [0.2, 0.25) is 0 Å². The van der Waals surface area contributed by atoms with E-state index in [1.165, 1.54) is 15.9 Å². The lowest BCUT2D eigenvalue weighted by Crippen LogP contribution is -2.25. The van der Waals surface area contributed by atoms with Gasteiger partial charge in [0.15, 0.2) is 5.82 Å². The van der Waals surface area contributed by atoms with E-state index in [0.717, 1.165) is 11.3 Å². The molecule has 0 fully saturated rings. The summed E-state index contributed by atoms with van der Waals surface area (Å²) in [4.78, 5) is 0. The zero-order chi connectivity index (χ0) is 20.9. The molecule has 0 atom stereocenters. The second-order valence-electron chi connectivity index (χ2n) is 7.25. The third kappa shape index (κ3) is 3.76. The van der Waals surface area contributed by atoms with Crippen LogP contribution in [0.5, 0.6) is 0 Å². The Kier molecular flexibility index (Phi) is 5.35. The quantitative estimate of drug-likeness (QED) is 0.355. The van der Waals surface area contributed by atoms with Crippen molar-refractivity contribution in [2.24, 2.45) is 4.74 Å². The van der Waals surface area contributed by atoms with E-state index in [1.54, 1.807) is 0 Å². The van der Waals surface area contributed by atoms with Crippen LogP contribution in [0.4, 0.5) is 5.82 Å². The number of nitrogens with one attached hydrogen (secondary N) is 1. The zero-order valence-electron chi connectivity index (χ0n) is 17.0. The highest BCUT2D eigenvalue weighted by atomic mass is 31.2. The van der Waals surface area contributed by atoms with Crippen molar-refractivity contribution >= 4 is 28.8 Å². The van der Waals surface area contributed by atoms with Crippen LogP contribution in [0.2, 0.25) is 0 Å². The summed E-state index contributed by atoms with van der Waals surface area (Å²) >= 11 is 0. The van der Waals surface area contributed by atoms with Crippen LogP contribution in [0.15, 0.2) is 132 Å². The summed E-state index contributed by atoms with van der Waals surface area (Å²) in [6, 6.07) is 44.0. The molecule has 0 radical (unpaired) electrons. The lowest BCUT2D eigenvalue weighted by atomic mass is 10.2. The molecule has 150 valence electrons. The SMILES string of the molecule is c1ccc(-c2cc(N=P(c3ccccc3)(c3ccccc3)c3ccccc3)n[nH]2)cc1. The van der Waals surface area contributed by atoms with Crippen molar-refractivity contribution < 1.29 is 0 Å². The highest BCUT2D eigenvalue weighted by Gasteiger charge is 2.27. The Morgan fingerprint density at radius 1 is 0.548 bits per heavy atom. The first kappa shape index (κ1) is 19.3. The van der Waals surface area contributed by atoms with Gasteiger partial charge in [-0.1, -0.05) is 121 Å². The molecule has 0 spiro atoms. The number of rotatable bonds is 5. The fraction of sp³-hybridized carbons (Fsp3) is 0. The molecular weight excluding hydrogens is 397 g/mol. The van der Waals surface area contributed by atoms with Gasteiger partial charge in [-0.05, 0) is 5.56 Å². The fourth-order valence-corrected chi connectivity index (χ4v) is 7.29. The van der Waals surface area contributed by atoms with Crippen molar-refractivity contribution in [1.29, 1.82) is 0 Å². The number of nitrogens with zero attached hydrogens (tertiary/aromatic N) is 2. The molecular formula is C27H22N3P. The molecule has 0 aliphatic rings. The van der Waals surface area contributed by atoms with E-state index in [4.69, 9.17) is 4.74 Å². The van der Waals surface area contributed by atoms with Crippen molar-refractivity contribution in [3.8, 4) is 11.3 Å². The minimum absolute atomic E-state index is 0.712. The van der Waals surface area contributed by atoms with Gasteiger partial charge in [0.1, 0.15) is 0 Å². The fourth-order valence-electron chi connectivity index (χ4n) is 3.83. The van der Waals surface area contributed by atoms with Gasteiger partial charge in [-0.3, -0.25) is 5.10 Å². The maximum atomic E-state index is 5.42. The van der Waals surface area contributed by atoms with E-state index in [0.29, 0.717) is 5.82 Å². The van der Waals surface area contributed by atoms with E-state index in [9.17, 15) is 0 Å². The van der Waals surface area contributed by atoms with Crippen molar-refractivity contribution in [3.05, 3.63) is 127 Å². The first-order valence-corrected chi connectivity index (χ1v) is 12.0. The number of benzene rings is 4. The van der Waals surface area contributed by atoms with Gasteiger partial charge in [-0.2, -0.15) is 5.10 Å². The van der Waals surface area contributed by atoms with E-state index in [-0.39, 0.29) is 0 Å². The Labute approximate surface area is 182 Å². The molecule has 0 bridgehead atoms. The first-order chi connectivity index (χ1) is 15.4. The minimum Gasteiger partial charge on any atom is -0.276 e. The van der Waals surface area contributed by atoms with Crippen LogP contribution in [0.25, 0.3) is 11.3 Å². The largest absolute Gasteiger partial charge is 0.276 e. The molecule has 0 saturated carbocycles. The highest BCUT2D eigenvalue weighted by molar-refractivity contribution is 7.87. The third-order valence-electron chi connectivity index (χ3n) is 5.29. The third-order valence-corrected chi connectivity index (χ3v) is 8.93. The number of aromatic nitrogens is 2. The molecule has 4 aromatic carbocycles.